The molecular formula is C22H21BF3N3O3. The summed E-state index contributed by atoms with van der Waals surface area (Å²) in [5.41, 5.74) is 0.0714. The third-order valence-electron chi connectivity index (χ3n) is 5.57. The number of halogens is 3. The molecule has 1 spiro atoms. The second-order valence-electron chi connectivity index (χ2n) is 7.98. The number of nitrogens with one attached hydrogen (secondary N) is 1. The van der Waals surface area contributed by atoms with E-state index in [2.05, 4.69) is 10.3 Å². The Morgan fingerprint density at radius 1 is 1.22 bits per heavy atom. The summed E-state index contributed by atoms with van der Waals surface area (Å²) < 4.78 is 44.5. The predicted molar refractivity (Wildman–Crippen MR) is 116 cm³/mol. The van der Waals surface area contributed by atoms with Crippen LogP contribution in [-0.2, 0) is 20.5 Å². The number of hydrogen-bond acceptors (Lipinski definition) is 4. The topological polar surface area (TPSA) is 71.0 Å². The number of alkyl halides is 3. The molecule has 166 valence electrons. The van der Waals surface area contributed by atoms with Crippen LogP contribution in [0.5, 0.6) is 0 Å². The van der Waals surface area contributed by atoms with Crippen molar-refractivity contribution in [2.24, 2.45) is 4.99 Å². The van der Waals surface area contributed by atoms with E-state index < -0.39 is 29.2 Å². The van der Waals surface area contributed by atoms with E-state index in [1.165, 1.54) is 17.0 Å². The number of carbonyl (C=O) groups excluding carboxylic acids is 2. The molecule has 0 bridgehead atoms. The van der Waals surface area contributed by atoms with Crippen LogP contribution in [0.3, 0.4) is 0 Å². The lowest BCUT2D eigenvalue weighted by Gasteiger charge is -2.38. The Bertz CT molecular complexity index is 1060. The maximum Gasteiger partial charge on any atom is 0.416 e. The first kappa shape index (κ1) is 22.1. The summed E-state index contributed by atoms with van der Waals surface area (Å²) >= 11 is 0. The van der Waals surface area contributed by atoms with Gasteiger partial charge in [0.2, 0.25) is 5.91 Å². The molecule has 1 saturated heterocycles. The van der Waals surface area contributed by atoms with Gasteiger partial charge in [0.05, 0.1) is 12.2 Å². The summed E-state index contributed by atoms with van der Waals surface area (Å²) in [6.07, 6.45) is -3.32. The van der Waals surface area contributed by atoms with Crippen molar-refractivity contribution in [2.75, 3.05) is 25.1 Å². The minimum Gasteiger partial charge on any atom is -0.377 e. The fourth-order valence-corrected chi connectivity index (χ4v) is 3.94. The van der Waals surface area contributed by atoms with Gasteiger partial charge in [-0.25, -0.2) is 4.99 Å². The zero-order valence-corrected chi connectivity index (χ0v) is 17.4. The van der Waals surface area contributed by atoms with Gasteiger partial charge in [0, 0.05) is 17.9 Å². The van der Waals surface area contributed by atoms with Gasteiger partial charge < -0.3 is 15.0 Å². The molecule has 2 heterocycles. The van der Waals surface area contributed by atoms with Gasteiger partial charge in [0.1, 0.15) is 20.1 Å². The zero-order valence-electron chi connectivity index (χ0n) is 17.4. The monoisotopic (exact) mass is 443 g/mol. The van der Waals surface area contributed by atoms with E-state index in [1.54, 1.807) is 12.1 Å². The van der Waals surface area contributed by atoms with Crippen LogP contribution in [0.4, 0.5) is 18.9 Å². The number of aliphatic imine (C=N–C) groups is 1. The molecule has 2 aromatic rings. The molecule has 0 aromatic heterocycles. The van der Waals surface area contributed by atoms with Crippen LogP contribution in [0.2, 0.25) is 0 Å². The van der Waals surface area contributed by atoms with Crippen molar-refractivity contribution in [3.05, 3.63) is 59.7 Å². The number of amides is 2. The summed E-state index contributed by atoms with van der Waals surface area (Å²) in [6.45, 7) is 0.345. The number of nitrogens with zero attached hydrogens (tertiary/aromatic N) is 2. The highest BCUT2D eigenvalue weighted by molar-refractivity contribution is 6.47. The second kappa shape index (κ2) is 8.42. The molecule has 1 fully saturated rings. The molecule has 1 atom stereocenters. The summed E-state index contributed by atoms with van der Waals surface area (Å²) in [7, 11) is 1.93. The highest BCUT2D eigenvalue weighted by Crippen LogP contribution is 2.34. The van der Waals surface area contributed by atoms with Crippen molar-refractivity contribution in [3.8, 4) is 0 Å². The smallest absolute Gasteiger partial charge is 0.377 e. The normalized spacial score (nSPS) is 21.0. The first-order valence-electron chi connectivity index (χ1n) is 10.2. The molecule has 32 heavy (non-hydrogen) atoms. The molecule has 0 saturated carbocycles. The first-order valence-corrected chi connectivity index (χ1v) is 10.2. The van der Waals surface area contributed by atoms with Crippen molar-refractivity contribution in [1.82, 2.24) is 4.90 Å². The van der Waals surface area contributed by atoms with Crippen molar-refractivity contribution in [3.63, 3.8) is 0 Å². The number of benzene rings is 2. The highest BCUT2D eigenvalue weighted by atomic mass is 19.4. The van der Waals surface area contributed by atoms with E-state index in [0.29, 0.717) is 25.0 Å². The Morgan fingerprint density at radius 3 is 2.62 bits per heavy atom. The minimum atomic E-state index is -4.52. The molecule has 0 radical (unpaired) electrons. The van der Waals surface area contributed by atoms with Crippen LogP contribution in [0.15, 0.2) is 53.5 Å². The Hall–Kier alpha value is -3.14. The fourth-order valence-electron chi connectivity index (χ4n) is 3.94. The summed E-state index contributed by atoms with van der Waals surface area (Å²) in [5.74, 6) is -1.01. The molecule has 1 unspecified atom stereocenters. The SMILES string of the molecule is Bc1ccc(C2=NC3(CCCOC3)N(CC(=O)Nc3cccc(C(F)(F)F)c3)C2=O)cc1. The predicted octanol–water partition coefficient (Wildman–Crippen LogP) is 1.74. The van der Waals surface area contributed by atoms with E-state index in [9.17, 15) is 22.8 Å². The van der Waals surface area contributed by atoms with Crippen LogP contribution < -0.4 is 10.8 Å². The Labute approximate surface area is 183 Å². The standard InChI is InChI=1S/C22H21BF3N3O3/c23-16-7-5-14(6-8-16)19-20(31)29(21(28-19)9-2-10-32-13-21)12-18(30)27-17-4-1-3-15(11-17)22(24,25)26/h1,3-8,11H,2,9-10,12-13,23H2,(H,27,30). The molecule has 2 aromatic carbocycles. The van der Waals surface area contributed by atoms with Crippen LogP contribution in [0, 0.1) is 0 Å². The van der Waals surface area contributed by atoms with Crippen molar-refractivity contribution in [2.45, 2.75) is 24.7 Å². The maximum absolute atomic E-state index is 13.2. The zero-order chi connectivity index (χ0) is 22.9. The average Bonchev–Trinajstić information content (AvgIpc) is 3.00. The second-order valence-corrected chi connectivity index (χ2v) is 7.98. The van der Waals surface area contributed by atoms with E-state index in [0.717, 1.165) is 17.6 Å². The number of carbonyl (C=O) groups is 2. The number of anilines is 1. The van der Waals surface area contributed by atoms with Gasteiger partial charge in [-0.15, -0.1) is 0 Å². The third kappa shape index (κ3) is 4.41. The van der Waals surface area contributed by atoms with Crippen LogP contribution >= 0.6 is 0 Å². The molecule has 2 aliphatic rings. The third-order valence-corrected chi connectivity index (χ3v) is 5.57. The number of hydrogen-bond donors (Lipinski definition) is 1. The fraction of sp³-hybridized carbons (Fsp3) is 0.318. The van der Waals surface area contributed by atoms with Crippen molar-refractivity contribution in [1.29, 1.82) is 0 Å². The number of ether oxygens (including phenoxy) is 1. The van der Waals surface area contributed by atoms with Gasteiger partial charge in [-0.05, 0) is 31.0 Å². The van der Waals surface area contributed by atoms with Crippen LogP contribution in [0.1, 0.15) is 24.0 Å². The highest BCUT2D eigenvalue weighted by Gasteiger charge is 2.49. The van der Waals surface area contributed by atoms with Gasteiger partial charge in [0.15, 0.2) is 5.66 Å². The van der Waals surface area contributed by atoms with Crippen molar-refractivity contribution >= 4 is 36.5 Å². The lowest BCUT2D eigenvalue weighted by atomic mass is 9.94. The summed E-state index contributed by atoms with van der Waals surface area (Å²) in [6, 6.07) is 11.7. The first-order chi connectivity index (χ1) is 15.2. The van der Waals surface area contributed by atoms with Gasteiger partial charge in [0.25, 0.3) is 5.91 Å². The quantitative estimate of drug-likeness (QED) is 0.733. The molecule has 4 rings (SSSR count). The van der Waals surface area contributed by atoms with Crippen LogP contribution in [0.25, 0.3) is 0 Å². The maximum atomic E-state index is 13.2. The van der Waals surface area contributed by atoms with Crippen molar-refractivity contribution < 1.29 is 27.5 Å². The van der Waals surface area contributed by atoms with E-state index >= 15 is 0 Å². The minimum absolute atomic E-state index is 0.00471. The molecule has 2 amide bonds. The van der Waals surface area contributed by atoms with Gasteiger partial charge in [-0.1, -0.05) is 35.8 Å². The van der Waals surface area contributed by atoms with E-state index in [4.69, 9.17) is 4.74 Å². The van der Waals surface area contributed by atoms with Crippen LogP contribution in [-0.4, -0.2) is 55.7 Å². The largest absolute Gasteiger partial charge is 0.416 e. The Morgan fingerprint density at radius 2 is 1.97 bits per heavy atom. The van der Waals surface area contributed by atoms with E-state index in [-0.39, 0.29) is 24.6 Å². The lowest BCUT2D eigenvalue weighted by molar-refractivity contribution is -0.137. The Balaban J connectivity index is 1.56. The van der Waals surface area contributed by atoms with Gasteiger partial charge >= 0.3 is 6.18 Å². The van der Waals surface area contributed by atoms with Gasteiger partial charge in [-0.3, -0.25) is 9.59 Å². The molecule has 2 aliphatic heterocycles. The summed E-state index contributed by atoms with van der Waals surface area (Å²) in [4.78, 5) is 32.0. The molecule has 0 aliphatic carbocycles. The number of rotatable bonds is 4. The lowest BCUT2D eigenvalue weighted by Crippen LogP contribution is -2.54. The van der Waals surface area contributed by atoms with Gasteiger partial charge in [-0.2, -0.15) is 13.2 Å². The van der Waals surface area contributed by atoms with E-state index in [1.807, 2.05) is 20.0 Å². The molecule has 10 heteroatoms. The molecular weight excluding hydrogens is 422 g/mol. The average molecular weight is 443 g/mol. The summed E-state index contributed by atoms with van der Waals surface area (Å²) in [5, 5.41) is 2.46. The Kier molecular flexibility index (Phi) is 5.81. The molecule has 1 N–H and O–H groups in total. The molecule has 6 nitrogen and oxygen atoms in total.